The Morgan fingerprint density at radius 2 is 1.73 bits per heavy atom. The van der Waals surface area contributed by atoms with Crippen molar-refractivity contribution in [1.82, 2.24) is 0 Å². The second kappa shape index (κ2) is 3.42. The molecule has 0 saturated carbocycles. The summed E-state index contributed by atoms with van der Waals surface area (Å²) in [5.41, 5.74) is 0. The summed E-state index contributed by atoms with van der Waals surface area (Å²) in [6, 6.07) is 0. The zero-order valence-corrected chi connectivity index (χ0v) is 6.50. The highest BCUT2D eigenvalue weighted by Gasteiger charge is 2.29. The van der Waals surface area contributed by atoms with Crippen molar-refractivity contribution in [3.63, 3.8) is 0 Å². The Kier molecular flexibility index (Phi) is 3.34. The zero-order chi connectivity index (χ0) is 9.12. The molecule has 0 aliphatic heterocycles. The lowest BCUT2D eigenvalue weighted by atomic mass is 10.5. The molecule has 0 amide bonds. The third kappa shape index (κ3) is 6.15. The molecule has 0 unspecified atom stereocenters. The number of hydrogen-bond acceptors (Lipinski definition) is 2. The van der Waals surface area contributed by atoms with Crippen LogP contribution in [0.1, 0.15) is 6.42 Å². The molecule has 0 N–H and O–H groups in total. The van der Waals surface area contributed by atoms with Gasteiger partial charge in [-0.05, 0) is 6.92 Å². The molecule has 0 saturated heterocycles. The maximum Gasteiger partial charge on any atom is 0.390 e. The van der Waals surface area contributed by atoms with Gasteiger partial charge in [-0.3, -0.25) is 0 Å². The van der Waals surface area contributed by atoms with Gasteiger partial charge in [0.15, 0.2) is 9.84 Å². The maximum atomic E-state index is 11.4. The van der Waals surface area contributed by atoms with Gasteiger partial charge in [0.25, 0.3) is 0 Å². The monoisotopic (exact) mass is 189 g/mol. The predicted octanol–water partition coefficient (Wildman–Crippen LogP) is 1.19. The summed E-state index contributed by atoms with van der Waals surface area (Å²) >= 11 is 0. The second-order valence-corrected chi connectivity index (χ2v) is 4.32. The predicted molar refractivity (Wildman–Crippen MR) is 34.7 cm³/mol. The molecule has 67 valence electrons. The van der Waals surface area contributed by atoms with Gasteiger partial charge < -0.3 is 0 Å². The highest BCUT2D eigenvalue weighted by molar-refractivity contribution is 7.91. The highest BCUT2D eigenvalue weighted by atomic mass is 32.2. The number of alkyl halides is 3. The van der Waals surface area contributed by atoms with Crippen LogP contribution in [0.25, 0.3) is 0 Å². The van der Waals surface area contributed by atoms with Crippen LogP contribution >= 0.6 is 0 Å². The van der Waals surface area contributed by atoms with Crippen molar-refractivity contribution in [2.45, 2.75) is 12.6 Å². The molecule has 0 atom stereocenters. The first-order valence-corrected chi connectivity index (χ1v) is 4.65. The van der Waals surface area contributed by atoms with Gasteiger partial charge in [-0.1, -0.05) is 0 Å². The van der Waals surface area contributed by atoms with Crippen molar-refractivity contribution >= 4 is 9.84 Å². The third-order valence-electron chi connectivity index (χ3n) is 1.01. The minimum absolute atomic E-state index is 0.483. The first kappa shape index (κ1) is 10.7. The lowest BCUT2D eigenvalue weighted by molar-refractivity contribution is -0.129. The number of halogens is 3. The SMILES string of the molecule is [CH2]CS(=O)(=O)CCC(F)(F)F. The van der Waals surface area contributed by atoms with Gasteiger partial charge in [0.2, 0.25) is 0 Å². The van der Waals surface area contributed by atoms with Gasteiger partial charge in [-0.15, -0.1) is 0 Å². The molecule has 0 aromatic rings. The third-order valence-corrected chi connectivity index (χ3v) is 2.46. The average molecular weight is 189 g/mol. The van der Waals surface area contributed by atoms with Crippen LogP contribution in [0.4, 0.5) is 13.2 Å². The summed E-state index contributed by atoms with van der Waals surface area (Å²) in [7, 11) is -3.58. The van der Waals surface area contributed by atoms with E-state index in [1.807, 2.05) is 0 Å². The summed E-state index contributed by atoms with van der Waals surface area (Å²) < 4.78 is 55.3. The van der Waals surface area contributed by atoms with Crippen LogP contribution in [0.2, 0.25) is 0 Å². The fourth-order valence-corrected chi connectivity index (χ4v) is 1.12. The summed E-state index contributed by atoms with van der Waals surface area (Å²) in [5.74, 6) is -1.34. The Morgan fingerprint density at radius 1 is 1.27 bits per heavy atom. The van der Waals surface area contributed by atoms with Crippen molar-refractivity contribution < 1.29 is 21.6 Å². The summed E-state index contributed by atoms with van der Waals surface area (Å²) in [6.07, 6.45) is -5.69. The van der Waals surface area contributed by atoms with Gasteiger partial charge in [-0.25, -0.2) is 8.42 Å². The van der Waals surface area contributed by atoms with Crippen LogP contribution in [-0.2, 0) is 9.84 Å². The van der Waals surface area contributed by atoms with Gasteiger partial charge in [-0.2, -0.15) is 13.2 Å². The zero-order valence-electron chi connectivity index (χ0n) is 5.69. The van der Waals surface area contributed by atoms with E-state index in [4.69, 9.17) is 0 Å². The fraction of sp³-hybridized carbons (Fsp3) is 0.800. The molecule has 0 bridgehead atoms. The number of rotatable bonds is 3. The molecule has 0 fully saturated rings. The number of hydrogen-bond donors (Lipinski definition) is 0. The van der Waals surface area contributed by atoms with Gasteiger partial charge in [0, 0.05) is 0 Å². The Labute approximate surface area is 63.3 Å². The van der Waals surface area contributed by atoms with Crippen molar-refractivity contribution in [3.8, 4) is 0 Å². The molecule has 0 rings (SSSR count). The van der Waals surface area contributed by atoms with E-state index in [1.165, 1.54) is 0 Å². The van der Waals surface area contributed by atoms with Crippen molar-refractivity contribution in [1.29, 1.82) is 0 Å². The smallest absolute Gasteiger partial charge is 0.229 e. The maximum absolute atomic E-state index is 11.4. The van der Waals surface area contributed by atoms with E-state index in [-0.39, 0.29) is 0 Å². The molecule has 2 nitrogen and oxygen atoms in total. The molecule has 11 heavy (non-hydrogen) atoms. The van der Waals surface area contributed by atoms with Crippen LogP contribution < -0.4 is 0 Å². The summed E-state index contributed by atoms with van der Waals surface area (Å²) in [4.78, 5) is 0. The van der Waals surface area contributed by atoms with Crippen molar-refractivity contribution in [3.05, 3.63) is 6.92 Å². The van der Waals surface area contributed by atoms with Crippen molar-refractivity contribution in [2.75, 3.05) is 11.5 Å². The Morgan fingerprint density at radius 3 is 2.00 bits per heavy atom. The molecule has 1 radical (unpaired) electrons. The van der Waals surface area contributed by atoms with Crippen LogP contribution in [0.5, 0.6) is 0 Å². The first-order valence-electron chi connectivity index (χ1n) is 2.83. The van der Waals surface area contributed by atoms with Crippen LogP contribution in [-0.4, -0.2) is 26.1 Å². The molecule has 0 aromatic carbocycles. The molecular weight excluding hydrogens is 181 g/mol. The molecule has 0 heterocycles. The van der Waals surface area contributed by atoms with E-state index < -0.39 is 33.9 Å². The Hall–Kier alpha value is -0.260. The normalized spacial score (nSPS) is 13.5. The van der Waals surface area contributed by atoms with Gasteiger partial charge >= 0.3 is 6.18 Å². The molecule has 6 heteroatoms. The molecular formula is C5H8F3O2S. The number of sulfone groups is 1. The molecule has 0 aliphatic carbocycles. The minimum Gasteiger partial charge on any atom is -0.229 e. The molecule has 0 spiro atoms. The quantitative estimate of drug-likeness (QED) is 0.668. The fourth-order valence-electron chi connectivity index (χ4n) is 0.373. The minimum atomic E-state index is -4.40. The van der Waals surface area contributed by atoms with Crippen molar-refractivity contribution in [2.24, 2.45) is 0 Å². The van der Waals surface area contributed by atoms with Crippen LogP contribution in [0.3, 0.4) is 0 Å². The topological polar surface area (TPSA) is 34.1 Å². The van der Waals surface area contributed by atoms with Crippen LogP contribution in [0.15, 0.2) is 0 Å². The highest BCUT2D eigenvalue weighted by Crippen LogP contribution is 2.20. The van der Waals surface area contributed by atoms with Crippen LogP contribution in [0, 0.1) is 6.92 Å². The largest absolute Gasteiger partial charge is 0.390 e. The van der Waals surface area contributed by atoms with E-state index in [9.17, 15) is 21.6 Å². The standard InChI is InChI=1S/C5H8F3O2S/c1-2-11(9,10)4-3-5(6,7)8/h1-4H2. The lowest BCUT2D eigenvalue weighted by Gasteiger charge is -2.04. The van der Waals surface area contributed by atoms with E-state index in [2.05, 4.69) is 6.92 Å². The van der Waals surface area contributed by atoms with E-state index >= 15 is 0 Å². The van der Waals surface area contributed by atoms with Gasteiger partial charge in [0.1, 0.15) is 0 Å². The van der Waals surface area contributed by atoms with E-state index in [0.717, 1.165) is 0 Å². The van der Waals surface area contributed by atoms with Gasteiger partial charge in [0.05, 0.1) is 17.9 Å². The molecule has 0 aromatic heterocycles. The van der Waals surface area contributed by atoms with E-state index in [0.29, 0.717) is 0 Å². The Bertz CT molecular complexity index is 204. The van der Waals surface area contributed by atoms with E-state index in [1.54, 1.807) is 0 Å². The Balaban J connectivity index is 3.91. The summed E-state index contributed by atoms with van der Waals surface area (Å²) in [6.45, 7) is 3.00. The lowest BCUT2D eigenvalue weighted by Crippen LogP contribution is -2.17. The summed E-state index contributed by atoms with van der Waals surface area (Å²) in [5, 5.41) is 0. The molecule has 0 aliphatic rings. The average Bonchev–Trinajstić information content (AvgIpc) is 1.83. The second-order valence-electron chi connectivity index (χ2n) is 2.02. The first-order chi connectivity index (χ1) is 4.77.